The van der Waals surface area contributed by atoms with Gasteiger partial charge in [-0.15, -0.1) is 0 Å². The Morgan fingerprint density at radius 2 is 2.05 bits per heavy atom. The zero-order valence-electron chi connectivity index (χ0n) is 12.7. The van der Waals surface area contributed by atoms with E-state index in [4.69, 9.17) is 10.5 Å². The molecule has 0 aliphatic rings. The third kappa shape index (κ3) is 7.66. The van der Waals surface area contributed by atoms with Gasteiger partial charge in [0.2, 0.25) is 5.91 Å². The number of carbonyl (C=O) groups is 1. The van der Waals surface area contributed by atoms with Crippen LogP contribution >= 0.6 is 0 Å². The van der Waals surface area contributed by atoms with Crippen molar-refractivity contribution in [1.82, 2.24) is 4.90 Å². The summed E-state index contributed by atoms with van der Waals surface area (Å²) in [6.45, 7) is 1.57. The van der Waals surface area contributed by atoms with Crippen molar-refractivity contribution in [2.24, 2.45) is 5.73 Å². The monoisotopic (exact) mass is 296 g/mol. The summed E-state index contributed by atoms with van der Waals surface area (Å²) >= 11 is 0. The fourth-order valence-corrected chi connectivity index (χ4v) is 1.95. The molecular formula is C16H25FN2O2. The predicted molar refractivity (Wildman–Crippen MR) is 81.7 cm³/mol. The van der Waals surface area contributed by atoms with Crippen LogP contribution in [0, 0.1) is 5.82 Å². The van der Waals surface area contributed by atoms with E-state index in [1.165, 1.54) is 12.1 Å². The van der Waals surface area contributed by atoms with E-state index < -0.39 is 0 Å². The van der Waals surface area contributed by atoms with E-state index in [9.17, 15) is 9.18 Å². The van der Waals surface area contributed by atoms with Crippen molar-refractivity contribution in [3.63, 3.8) is 0 Å². The molecule has 0 fully saturated rings. The second-order valence-corrected chi connectivity index (χ2v) is 5.07. The standard InChI is InChI=1S/C16H25FN2O2/c1-19(16(20)9-4-2-3-5-10-18)11-12-21-15-8-6-7-14(17)13-15/h6-8,13H,2-5,9-12,18H2,1H3. The zero-order valence-corrected chi connectivity index (χ0v) is 12.7. The first-order valence-corrected chi connectivity index (χ1v) is 7.46. The minimum atomic E-state index is -0.325. The lowest BCUT2D eigenvalue weighted by atomic mass is 10.1. The number of benzene rings is 1. The van der Waals surface area contributed by atoms with Gasteiger partial charge in [-0.1, -0.05) is 18.9 Å². The van der Waals surface area contributed by atoms with Gasteiger partial charge in [0.05, 0.1) is 6.54 Å². The number of hydrogen-bond acceptors (Lipinski definition) is 3. The van der Waals surface area contributed by atoms with Gasteiger partial charge in [0.1, 0.15) is 18.2 Å². The fourth-order valence-electron chi connectivity index (χ4n) is 1.95. The van der Waals surface area contributed by atoms with Crippen molar-refractivity contribution in [3.05, 3.63) is 30.1 Å². The maximum atomic E-state index is 13.0. The van der Waals surface area contributed by atoms with Gasteiger partial charge in [-0.25, -0.2) is 4.39 Å². The van der Waals surface area contributed by atoms with E-state index in [2.05, 4.69) is 0 Å². The Kier molecular flexibility index (Phi) is 8.43. The summed E-state index contributed by atoms with van der Waals surface area (Å²) in [7, 11) is 1.76. The molecule has 0 unspecified atom stereocenters. The normalized spacial score (nSPS) is 10.4. The number of ether oxygens (including phenoxy) is 1. The number of rotatable bonds is 10. The maximum absolute atomic E-state index is 13.0. The third-order valence-electron chi connectivity index (χ3n) is 3.26. The van der Waals surface area contributed by atoms with Crippen LogP contribution < -0.4 is 10.5 Å². The third-order valence-corrected chi connectivity index (χ3v) is 3.26. The fraction of sp³-hybridized carbons (Fsp3) is 0.562. The zero-order chi connectivity index (χ0) is 15.5. The van der Waals surface area contributed by atoms with Gasteiger partial charge in [-0.05, 0) is 31.5 Å². The van der Waals surface area contributed by atoms with Gasteiger partial charge in [0.15, 0.2) is 0 Å². The molecule has 1 aromatic carbocycles. The van der Waals surface area contributed by atoms with Gasteiger partial charge in [0.25, 0.3) is 0 Å². The molecule has 0 heterocycles. The van der Waals surface area contributed by atoms with Gasteiger partial charge in [-0.2, -0.15) is 0 Å². The van der Waals surface area contributed by atoms with Gasteiger partial charge in [0, 0.05) is 19.5 Å². The number of hydrogen-bond donors (Lipinski definition) is 1. The Labute approximate surface area is 126 Å². The van der Waals surface area contributed by atoms with Crippen LogP contribution in [0.1, 0.15) is 32.1 Å². The van der Waals surface area contributed by atoms with Crippen LogP contribution in [0.25, 0.3) is 0 Å². The summed E-state index contributed by atoms with van der Waals surface area (Å²) in [5, 5.41) is 0. The highest BCUT2D eigenvalue weighted by Crippen LogP contribution is 2.11. The summed E-state index contributed by atoms with van der Waals surface area (Å²) in [5.41, 5.74) is 5.42. The lowest BCUT2D eigenvalue weighted by molar-refractivity contribution is -0.130. The Morgan fingerprint density at radius 1 is 1.29 bits per heavy atom. The molecule has 0 aromatic heterocycles. The molecule has 118 valence electrons. The molecule has 0 saturated heterocycles. The van der Waals surface area contributed by atoms with Crippen molar-refractivity contribution >= 4 is 5.91 Å². The maximum Gasteiger partial charge on any atom is 0.222 e. The SMILES string of the molecule is CN(CCOc1cccc(F)c1)C(=O)CCCCCCN. The lowest BCUT2D eigenvalue weighted by Crippen LogP contribution is -2.30. The molecule has 0 radical (unpaired) electrons. The largest absolute Gasteiger partial charge is 0.492 e. The van der Waals surface area contributed by atoms with E-state index >= 15 is 0 Å². The molecule has 0 saturated carbocycles. The van der Waals surface area contributed by atoms with Crippen molar-refractivity contribution < 1.29 is 13.9 Å². The number of unbranched alkanes of at least 4 members (excludes halogenated alkanes) is 3. The average molecular weight is 296 g/mol. The summed E-state index contributed by atoms with van der Waals surface area (Å²) in [6, 6.07) is 6.00. The molecule has 21 heavy (non-hydrogen) atoms. The second kappa shape index (κ2) is 10.2. The minimum absolute atomic E-state index is 0.116. The van der Waals surface area contributed by atoms with Gasteiger partial charge in [-0.3, -0.25) is 4.79 Å². The molecule has 0 aliphatic carbocycles. The topological polar surface area (TPSA) is 55.6 Å². The quantitative estimate of drug-likeness (QED) is 0.675. The summed E-state index contributed by atoms with van der Waals surface area (Å²) < 4.78 is 18.4. The Hall–Kier alpha value is -1.62. The summed E-state index contributed by atoms with van der Waals surface area (Å²) in [4.78, 5) is 13.5. The van der Waals surface area contributed by atoms with E-state index in [0.717, 1.165) is 25.7 Å². The molecule has 2 N–H and O–H groups in total. The van der Waals surface area contributed by atoms with Gasteiger partial charge < -0.3 is 15.4 Å². The second-order valence-electron chi connectivity index (χ2n) is 5.07. The highest BCUT2D eigenvalue weighted by atomic mass is 19.1. The van der Waals surface area contributed by atoms with Gasteiger partial charge >= 0.3 is 0 Å². The number of nitrogens with two attached hydrogens (primary N) is 1. The van der Waals surface area contributed by atoms with E-state index in [1.54, 1.807) is 24.1 Å². The van der Waals surface area contributed by atoms with Crippen molar-refractivity contribution in [2.75, 3.05) is 26.7 Å². The van der Waals surface area contributed by atoms with Crippen LogP contribution in [0.3, 0.4) is 0 Å². The first kappa shape index (κ1) is 17.4. The Balaban J connectivity index is 2.14. The van der Waals surface area contributed by atoms with Crippen LogP contribution in [0.4, 0.5) is 4.39 Å². The Morgan fingerprint density at radius 3 is 2.76 bits per heavy atom. The molecule has 5 heteroatoms. The van der Waals surface area contributed by atoms with Crippen LogP contribution in [-0.2, 0) is 4.79 Å². The summed E-state index contributed by atoms with van der Waals surface area (Å²) in [5.74, 6) is 0.276. The van der Waals surface area contributed by atoms with Crippen molar-refractivity contribution in [2.45, 2.75) is 32.1 Å². The number of halogens is 1. The molecule has 0 spiro atoms. The molecule has 1 rings (SSSR count). The molecule has 0 bridgehead atoms. The van der Waals surface area contributed by atoms with E-state index in [1.807, 2.05) is 0 Å². The highest BCUT2D eigenvalue weighted by molar-refractivity contribution is 5.75. The average Bonchev–Trinajstić information content (AvgIpc) is 2.46. The molecule has 0 atom stereocenters. The highest BCUT2D eigenvalue weighted by Gasteiger charge is 2.08. The first-order chi connectivity index (χ1) is 10.1. The number of carbonyl (C=O) groups excluding carboxylic acids is 1. The lowest BCUT2D eigenvalue weighted by Gasteiger charge is -2.17. The van der Waals surface area contributed by atoms with Crippen molar-refractivity contribution in [3.8, 4) is 5.75 Å². The molecular weight excluding hydrogens is 271 g/mol. The minimum Gasteiger partial charge on any atom is -0.492 e. The van der Waals surface area contributed by atoms with Crippen LogP contribution in [-0.4, -0.2) is 37.6 Å². The number of nitrogens with zero attached hydrogens (tertiary/aromatic N) is 1. The van der Waals surface area contributed by atoms with Crippen LogP contribution in [0.5, 0.6) is 5.75 Å². The van der Waals surface area contributed by atoms with Crippen molar-refractivity contribution in [1.29, 1.82) is 0 Å². The summed E-state index contributed by atoms with van der Waals surface area (Å²) in [6.07, 6.45) is 4.59. The number of amides is 1. The molecule has 1 amide bonds. The Bertz CT molecular complexity index is 426. The first-order valence-electron chi connectivity index (χ1n) is 7.46. The molecule has 4 nitrogen and oxygen atoms in total. The number of likely N-dealkylation sites (N-methyl/N-ethyl adjacent to an activating group) is 1. The molecule has 0 aliphatic heterocycles. The van der Waals surface area contributed by atoms with E-state index in [-0.39, 0.29) is 11.7 Å². The predicted octanol–water partition coefficient (Wildman–Crippen LogP) is 2.57. The van der Waals surface area contributed by atoms with Crippen LogP contribution in [0.15, 0.2) is 24.3 Å². The molecule has 1 aromatic rings. The van der Waals surface area contributed by atoms with Crippen LogP contribution in [0.2, 0.25) is 0 Å². The smallest absolute Gasteiger partial charge is 0.222 e. The van der Waals surface area contributed by atoms with E-state index in [0.29, 0.717) is 31.9 Å².